The van der Waals surface area contributed by atoms with Crippen LogP contribution in [0.4, 0.5) is 0 Å². The number of benzene rings is 2. The first-order valence-electron chi connectivity index (χ1n) is 10.9. The Balaban J connectivity index is 1.38. The lowest BCUT2D eigenvalue weighted by Crippen LogP contribution is -2.43. The molecule has 0 bridgehead atoms. The van der Waals surface area contributed by atoms with Gasteiger partial charge >= 0.3 is 0 Å². The number of hydrogen-bond acceptors (Lipinski definition) is 4. The number of aromatic nitrogens is 2. The molecule has 6 heteroatoms. The third-order valence-corrected chi connectivity index (χ3v) is 6.30. The predicted molar refractivity (Wildman–Crippen MR) is 128 cm³/mol. The molecule has 0 aliphatic carbocycles. The molecule has 1 aliphatic heterocycles. The summed E-state index contributed by atoms with van der Waals surface area (Å²) in [6.07, 6.45) is 3.87. The summed E-state index contributed by atoms with van der Waals surface area (Å²) in [6.45, 7) is 5.50. The van der Waals surface area contributed by atoms with Crippen molar-refractivity contribution >= 4 is 16.9 Å². The van der Waals surface area contributed by atoms with Crippen LogP contribution < -0.4 is 5.73 Å². The number of piperazine rings is 1. The Labute approximate surface area is 187 Å². The van der Waals surface area contributed by atoms with Gasteiger partial charge in [0.15, 0.2) is 0 Å². The molecule has 0 radical (unpaired) electrons. The van der Waals surface area contributed by atoms with Crippen LogP contribution in [0.2, 0.25) is 0 Å². The lowest BCUT2D eigenvalue weighted by atomic mass is 10.0. The highest BCUT2D eigenvalue weighted by atomic mass is 16.1. The van der Waals surface area contributed by atoms with E-state index < -0.39 is 5.91 Å². The number of H-pyrrole nitrogens is 1. The largest absolute Gasteiger partial charge is 0.366 e. The molecule has 5 rings (SSSR count). The molecular formula is C26H27N5O. The number of fused-ring (bicyclic) bond motifs is 1. The van der Waals surface area contributed by atoms with Gasteiger partial charge in [-0.25, -0.2) is 4.98 Å². The second-order valence-corrected chi connectivity index (χ2v) is 8.54. The SMILES string of the molecule is CN1CCN(Cc2ccc(-c3cnc4[nH]cc(-c5ccc(C(N)=O)cc5)c4c3)cc2)CC1. The molecule has 1 fully saturated rings. The van der Waals surface area contributed by atoms with Gasteiger partial charge in [0, 0.05) is 67.2 Å². The third-order valence-electron chi connectivity index (χ3n) is 6.30. The fraction of sp³-hybridized carbons (Fsp3) is 0.231. The van der Waals surface area contributed by atoms with Gasteiger partial charge in [0.1, 0.15) is 5.65 Å². The Bertz CT molecular complexity index is 1240. The van der Waals surface area contributed by atoms with E-state index in [0.717, 1.165) is 66.0 Å². The van der Waals surface area contributed by atoms with Crippen LogP contribution in [0.3, 0.4) is 0 Å². The fourth-order valence-corrected chi connectivity index (χ4v) is 4.28. The average molecular weight is 426 g/mol. The molecule has 3 N–H and O–H groups in total. The molecule has 1 saturated heterocycles. The number of primary amides is 1. The summed E-state index contributed by atoms with van der Waals surface area (Å²) in [7, 11) is 2.18. The van der Waals surface area contributed by atoms with E-state index in [1.807, 2.05) is 24.5 Å². The molecule has 0 spiro atoms. The van der Waals surface area contributed by atoms with Crippen LogP contribution in [-0.4, -0.2) is 58.9 Å². The van der Waals surface area contributed by atoms with E-state index in [9.17, 15) is 4.79 Å². The number of nitrogens with zero attached hydrogens (tertiary/aromatic N) is 3. The molecule has 4 aromatic rings. The molecule has 0 saturated carbocycles. The Hall–Kier alpha value is -3.48. The molecule has 6 nitrogen and oxygen atoms in total. The molecule has 2 aromatic carbocycles. The number of carbonyl (C=O) groups is 1. The van der Waals surface area contributed by atoms with E-state index in [0.29, 0.717) is 5.56 Å². The number of nitrogens with two attached hydrogens (primary N) is 1. The van der Waals surface area contributed by atoms with Crippen LogP contribution in [0.5, 0.6) is 0 Å². The minimum atomic E-state index is -0.421. The van der Waals surface area contributed by atoms with Crippen molar-refractivity contribution in [3.63, 3.8) is 0 Å². The predicted octanol–water partition coefficient (Wildman–Crippen LogP) is 3.74. The minimum Gasteiger partial charge on any atom is -0.366 e. The zero-order valence-electron chi connectivity index (χ0n) is 18.2. The highest BCUT2D eigenvalue weighted by molar-refractivity contribution is 5.97. The molecule has 0 unspecified atom stereocenters. The van der Waals surface area contributed by atoms with Gasteiger partial charge in [-0.2, -0.15) is 0 Å². The molecule has 2 aromatic heterocycles. The van der Waals surface area contributed by atoms with Crippen LogP contribution >= 0.6 is 0 Å². The maximum absolute atomic E-state index is 11.4. The van der Waals surface area contributed by atoms with Gasteiger partial charge in [0.05, 0.1) is 0 Å². The maximum Gasteiger partial charge on any atom is 0.248 e. The first-order chi connectivity index (χ1) is 15.6. The summed E-state index contributed by atoms with van der Waals surface area (Å²) in [5.74, 6) is -0.421. The molecule has 162 valence electrons. The Morgan fingerprint density at radius 1 is 0.969 bits per heavy atom. The minimum absolute atomic E-state index is 0.421. The standard InChI is InChI=1S/C26H27N5O/c1-30-10-12-31(13-11-30)17-18-2-4-19(5-3-18)22-14-23-24(16-29-26(23)28-15-22)20-6-8-21(9-7-20)25(27)32/h2-9,14-16H,10-13,17H2,1H3,(H2,27,32)(H,28,29). The molecular weight excluding hydrogens is 398 g/mol. The summed E-state index contributed by atoms with van der Waals surface area (Å²) >= 11 is 0. The van der Waals surface area contributed by atoms with Crippen LogP contribution in [0.25, 0.3) is 33.3 Å². The lowest BCUT2D eigenvalue weighted by molar-refractivity contribution is 0.100. The van der Waals surface area contributed by atoms with Crippen molar-refractivity contribution in [2.45, 2.75) is 6.54 Å². The first kappa shape index (κ1) is 20.4. The van der Waals surface area contributed by atoms with Crippen molar-refractivity contribution in [1.82, 2.24) is 19.8 Å². The van der Waals surface area contributed by atoms with Crippen molar-refractivity contribution in [3.05, 3.63) is 78.1 Å². The number of rotatable bonds is 5. The van der Waals surface area contributed by atoms with Gasteiger partial charge in [0.2, 0.25) is 5.91 Å². The average Bonchev–Trinajstić information content (AvgIpc) is 3.24. The molecule has 1 amide bonds. The van der Waals surface area contributed by atoms with Crippen molar-refractivity contribution in [2.75, 3.05) is 33.2 Å². The molecule has 3 heterocycles. The zero-order valence-corrected chi connectivity index (χ0v) is 18.2. The Morgan fingerprint density at radius 2 is 1.66 bits per heavy atom. The smallest absolute Gasteiger partial charge is 0.248 e. The van der Waals surface area contributed by atoms with E-state index in [-0.39, 0.29) is 0 Å². The Morgan fingerprint density at radius 3 is 2.34 bits per heavy atom. The maximum atomic E-state index is 11.4. The van der Waals surface area contributed by atoms with Gasteiger partial charge in [-0.1, -0.05) is 36.4 Å². The number of nitrogens with one attached hydrogen (secondary N) is 1. The summed E-state index contributed by atoms with van der Waals surface area (Å²) in [6, 6.07) is 18.3. The summed E-state index contributed by atoms with van der Waals surface area (Å²) in [5, 5.41) is 1.05. The van der Waals surface area contributed by atoms with E-state index in [1.165, 1.54) is 5.56 Å². The van der Waals surface area contributed by atoms with E-state index in [4.69, 9.17) is 5.73 Å². The van der Waals surface area contributed by atoms with E-state index >= 15 is 0 Å². The number of pyridine rings is 1. The summed E-state index contributed by atoms with van der Waals surface area (Å²) in [4.78, 5) is 24.1. The van der Waals surface area contributed by atoms with Crippen LogP contribution in [-0.2, 0) is 6.54 Å². The Kier molecular flexibility index (Phi) is 5.47. The van der Waals surface area contributed by atoms with Gasteiger partial charge in [-0.3, -0.25) is 9.69 Å². The lowest BCUT2D eigenvalue weighted by Gasteiger charge is -2.32. The van der Waals surface area contributed by atoms with Crippen LogP contribution in [0, 0.1) is 0 Å². The first-order valence-corrected chi connectivity index (χ1v) is 10.9. The molecule has 0 atom stereocenters. The topological polar surface area (TPSA) is 78.2 Å². The van der Waals surface area contributed by atoms with Crippen LogP contribution in [0.1, 0.15) is 15.9 Å². The second kappa shape index (κ2) is 8.57. The van der Waals surface area contributed by atoms with E-state index in [2.05, 4.69) is 57.1 Å². The third kappa shape index (κ3) is 4.15. The zero-order chi connectivity index (χ0) is 22.1. The quantitative estimate of drug-likeness (QED) is 0.511. The summed E-state index contributed by atoms with van der Waals surface area (Å²) in [5.41, 5.74) is 12.4. The van der Waals surface area contributed by atoms with Gasteiger partial charge in [0.25, 0.3) is 0 Å². The monoisotopic (exact) mass is 425 g/mol. The number of amides is 1. The van der Waals surface area contributed by atoms with E-state index in [1.54, 1.807) is 12.1 Å². The number of likely N-dealkylation sites (N-methyl/N-ethyl adjacent to an activating group) is 1. The highest BCUT2D eigenvalue weighted by Crippen LogP contribution is 2.31. The molecule has 32 heavy (non-hydrogen) atoms. The number of hydrogen-bond donors (Lipinski definition) is 2. The molecule has 1 aliphatic rings. The van der Waals surface area contributed by atoms with Crippen molar-refractivity contribution in [1.29, 1.82) is 0 Å². The summed E-state index contributed by atoms with van der Waals surface area (Å²) < 4.78 is 0. The van der Waals surface area contributed by atoms with Gasteiger partial charge in [-0.15, -0.1) is 0 Å². The fourth-order valence-electron chi connectivity index (χ4n) is 4.28. The van der Waals surface area contributed by atoms with Crippen molar-refractivity contribution in [2.24, 2.45) is 5.73 Å². The van der Waals surface area contributed by atoms with Gasteiger partial charge < -0.3 is 15.6 Å². The number of aromatic amines is 1. The van der Waals surface area contributed by atoms with Crippen molar-refractivity contribution in [3.8, 4) is 22.3 Å². The van der Waals surface area contributed by atoms with Gasteiger partial charge in [-0.05, 0) is 41.9 Å². The second-order valence-electron chi connectivity index (χ2n) is 8.54. The van der Waals surface area contributed by atoms with Crippen molar-refractivity contribution < 1.29 is 4.79 Å². The van der Waals surface area contributed by atoms with Crippen LogP contribution in [0.15, 0.2) is 67.0 Å². The highest BCUT2D eigenvalue weighted by Gasteiger charge is 2.14. The normalized spacial score (nSPS) is 15.3. The number of carbonyl (C=O) groups excluding carboxylic acids is 1.